The Morgan fingerprint density at radius 3 is 2.77 bits per heavy atom. The molecule has 0 amide bonds. The van der Waals surface area contributed by atoms with Crippen molar-refractivity contribution in [3.63, 3.8) is 0 Å². The normalized spacial score (nSPS) is 15.8. The van der Waals surface area contributed by atoms with Crippen LogP contribution in [0.25, 0.3) is 10.2 Å². The molecule has 6 rings (SSSR count). The predicted molar refractivity (Wildman–Crippen MR) is 129 cm³/mol. The maximum atomic E-state index is 13.3. The molecule has 0 fully saturated rings. The molecule has 1 N–H and O–H groups in total. The van der Waals surface area contributed by atoms with E-state index >= 15 is 0 Å². The van der Waals surface area contributed by atoms with Crippen molar-refractivity contribution in [2.24, 2.45) is 0 Å². The first-order valence-electron chi connectivity index (χ1n) is 11.6. The quantitative estimate of drug-likeness (QED) is 0.430. The van der Waals surface area contributed by atoms with Crippen LogP contribution in [-0.2, 0) is 25.7 Å². The van der Waals surface area contributed by atoms with Crippen LogP contribution in [0.4, 0.5) is 36.3 Å². The van der Waals surface area contributed by atoms with Crippen LogP contribution >= 0.6 is 11.3 Å². The lowest BCUT2D eigenvalue weighted by Crippen LogP contribution is -2.36. The third kappa shape index (κ3) is 3.85. The fraction of sp³-hybridized carbons (Fsp3) is 0.391. The third-order valence-corrected chi connectivity index (χ3v) is 7.39. The van der Waals surface area contributed by atoms with Gasteiger partial charge in [-0.1, -0.05) is 25.5 Å². The highest BCUT2D eigenvalue weighted by Gasteiger charge is 2.40. The van der Waals surface area contributed by atoms with E-state index in [-0.39, 0.29) is 18.9 Å². The Labute approximate surface area is 203 Å². The molecule has 0 atom stereocenters. The Morgan fingerprint density at radius 2 is 1.94 bits per heavy atom. The molecule has 35 heavy (non-hydrogen) atoms. The Kier molecular flexibility index (Phi) is 5.28. The number of fused-ring (bicyclic) bond motifs is 3. The van der Waals surface area contributed by atoms with Gasteiger partial charge in [-0.25, -0.2) is 4.98 Å². The predicted octanol–water partition coefficient (Wildman–Crippen LogP) is 4.84. The second-order valence-electron chi connectivity index (χ2n) is 8.64. The van der Waals surface area contributed by atoms with Crippen molar-refractivity contribution in [2.45, 2.75) is 39.0 Å². The van der Waals surface area contributed by atoms with Gasteiger partial charge in [0.25, 0.3) is 0 Å². The number of para-hydroxylation sites is 2. The monoisotopic (exact) mass is 500 g/mol. The molecular weight excluding hydrogens is 477 g/mol. The molecule has 0 saturated heterocycles. The van der Waals surface area contributed by atoms with Crippen LogP contribution < -0.4 is 15.1 Å². The molecule has 2 aliphatic rings. The van der Waals surface area contributed by atoms with Gasteiger partial charge in [0.05, 0.1) is 23.3 Å². The third-order valence-electron chi connectivity index (χ3n) is 6.30. The summed E-state index contributed by atoms with van der Waals surface area (Å²) in [5.74, 6) is 0.657. The summed E-state index contributed by atoms with van der Waals surface area (Å²) < 4.78 is 41.1. The number of alkyl halides is 3. The summed E-state index contributed by atoms with van der Waals surface area (Å²) in [5, 5.41) is 11.6. The number of hydrogen-bond donors (Lipinski definition) is 1. The molecule has 2 aliphatic heterocycles. The number of nitrogens with one attached hydrogen (secondary N) is 1. The van der Waals surface area contributed by atoms with E-state index in [0.717, 1.165) is 46.8 Å². The molecule has 0 radical (unpaired) electrons. The summed E-state index contributed by atoms with van der Waals surface area (Å²) in [7, 11) is 0. The molecule has 0 aliphatic carbocycles. The molecular formula is C23H23F3N8S. The second-order valence-corrected chi connectivity index (χ2v) is 9.75. The largest absolute Gasteiger partial charge is 0.451 e. The van der Waals surface area contributed by atoms with Crippen molar-refractivity contribution in [3.8, 4) is 0 Å². The molecule has 4 aromatic rings. The molecule has 1 aromatic carbocycles. The standard InChI is InChI=1S/C23H23F3N8S/c1-2-5-14-12-15-19(32-10-11-34-18(13-32)30-31-21(34)23(24,25)26)28-22(29-20(15)35-14)33-9-8-27-16-6-3-4-7-17(16)33/h3-4,6-7,12,27H,2,5,8-11,13H2,1H3. The van der Waals surface area contributed by atoms with Gasteiger partial charge in [-0.05, 0) is 24.6 Å². The lowest BCUT2D eigenvalue weighted by molar-refractivity contribution is -0.147. The fourth-order valence-electron chi connectivity index (χ4n) is 4.71. The Hall–Kier alpha value is -3.41. The number of halogens is 3. The summed E-state index contributed by atoms with van der Waals surface area (Å²) in [6, 6.07) is 10.2. The molecule has 12 heteroatoms. The van der Waals surface area contributed by atoms with Gasteiger partial charge in [-0.2, -0.15) is 18.2 Å². The summed E-state index contributed by atoms with van der Waals surface area (Å²) in [6.45, 7) is 4.31. The van der Waals surface area contributed by atoms with E-state index in [1.165, 1.54) is 9.44 Å². The minimum absolute atomic E-state index is 0.139. The van der Waals surface area contributed by atoms with Gasteiger partial charge in [-0.15, -0.1) is 21.5 Å². The number of aromatic nitrogens is 5. The van der Waals surface area contributed by atoms with E-state index in [1.807, 2.05) is 29.2 Å². The van der Waals surface area contributed by atoms with Crippen LogP contribution in [0.1, 0.15) is 29.9 Å². The van der Waals surface area contributed by atoms with Crippen LogP contribution in [0, 0.1) is 0 Å². The number of nitrogens with zero attached hydrogens (tertiary/aromatic N) is 7. The highest BCUT2D eigenvalue weighted by atomic mass is 32.1. The van der Waals surface area contributed by atoms with E-state index in [0.29, 0.717) is 19.0 Å². The van der Waals surface area contributed by atoms with Gasteiger partial charge >= 0.3 is 6.18 Å². The number of anilines is 4. The summed E-state index contributed by atoms with van der Waals surface area (Å²) in [5.41, 5.74) is 2.02. The number of benzene rings is 1. The van der Waals surface area contributed by atoms with Crippen molar-refractivity contribution >= 4 is 44.7 Å². The maximum Gasteiger partial charge on any atom is 0.451 e. The smallest absolute Gasteiger partial charge is 0.382 e. The van der Waals surface area contributed by atoms with Gasteiger partial charge in [0, 0.05) is 31.1 Å². The van der Waals surface area contributed by atoms with E-state index in [1.54, 1.807) is 11.3 Å². The average molecular weight is 501 g/mol. The van der Waals surface area contributed by atoms with Crippen molar-refractivity contribution < 1.29 is 13.2 Å². The topological polar surface area (TPSA) is 75.0 Å². The zero-order valence-electron chi connectivity index (χ0n) is 19.0. The first kappa shape index (κ1) is 22.1. The lowest BCUT2D eigenvalue weighted by Gasteiger charge is -2.32. The molecule has 0 unspecified atom stereocenters. The van der Waals surface area contributed by atoms with Crippen LogP contribution in [0.15, 0.2) is 30.3 Å². The van der Waals surface area contributed by atoms with E-state index < -0.39 is 12.0 Å². The first-order chi connectivity index (χ1) is 16.9. The highest BCUT2D eigenvalue weighted by Crippen LogP contribution is 2.39. The van der Waals surface area contributed by atoms with Crippen molar-refractivity contribution in [2.75, 3.05) is 34.8 Å². The van der Waals surface area contributed by atoms with Crippen molar-refractivity contribution in [1.29, 1.82) is 0 Å². The van der Waals surface area contributed by atoms with Crippen LogP contribution in [0.2, 0.25) is 0 Å². The second kappa shape index (κ2) is 8.36. The molecule has 0 spiro atoms. The summed E-state index contributed by atoms with van der Waals surface area (Å²) in [4.78, 5) is 16.1. The molecule has 8 nitrogen and oxygen atoms in total. The number of rotatable bonds is 4. The zero-order valence-corrected chi connectivity index (χ0v) is 19.8. The fourth-order valence-corrected chi connectivity index (χ4v) is 5.83. The maximum absolute atomic E-state index is 13.3. The molecule has 5 heterocycles. The SMILES string of the molecule is CCCc1cc2c(N3CCn4c(nnc4C(F)(F)F)C3)nc(N3CCNc4ccccc43)nc2s1. The van der Waals surface area contributed by atoms with Gasteiger partial charge < -0.3 is 19.7 Å². The minimum Gasteiger partial charge on any atom is -0.382 e. The molecule has 0 bridgehead atoms. The molecule has 3 aromatic heterocycles. The zero-order chi connectivity index (χ0) is 24.2. The van der Waals surface area contributed by atoms with E-state index in [2.05, 4.69) is 33.4 Å². The van der Waals surface area contributed by atoms with Crippen LogP contribution in [0.5, 0.6) is 0 Å². The van der Waals surface area contributed by atoms with Gasteiger partial charge in [0.1, 0.15) is 10.6 Å². The van der Waals surface area contributed by atoms with Gasteiger partial charge in [-0.3, -0.25) is 0 Å². The Morgan fingerprint density at radius 1 is 1.09 bits per heavy atom. The first-order valence-corrected chi connectivity index (χ1v) is 12.4. The van der Waals surface area contributed by atoms with Crippen LogP contribution in [0.3, 0.4) is 0 Å². The Bertz CT molecular complexity index is 1400. The van der Waals surface area contributed by atoms with E-state index in [9.17, 15) is 13.2 Å². The number of thiophene rings is 1. The summed E-state index contributed by atoms with van der Waals surface area (Å²) in [6.07, 6.45) is -2.57. The number of aryl methyl sites for hydroxylation is 1. The highest BCUT2D eigenvalue weighted by molar-refractivity contribution is 7.18. The number of hydrogen-bond acceptors (Lipinski definition) is 8. The molecule has 182 valence electrons. The van der Waals surface area contributed by atoms with E-state index in [4.69, 9.17) is 9.97 Å². The summed E-state index contributed by atoms with van der Waals surface area (Å²) >= 11 is 1.65. The molecule has 0 saturated carbocycles. The van der Waals surface area contributed by atoms with Crippen molar-refractivity contribution in [1.82, 2.24) is 24.7 Å². The average Bonchev–Trinajstić information content (AvgIpc) is 3.46. The van der Waals surface area contributed by atoms with Gasteiger partial charge in [0.15, 0.2) is 5.82 Å². The Balaban J connectivity index is 1.44. The lowest BCUT2D eigenvalue weighted by atomic mass is 10.2. The van der Waals surface area contributed by atoms with Crippen molar-refractivity contribution in [3.05, 3.63) is 46.9 Å². The van der Waals surface area contributed by atoms with Crippen LogP contribution in [-0.4, -0.2) is 44.4 Å². The van der Waals surface area contributed by atoms with Gasteiger partial charge in [0.2, 0.25) is 11.8 Å². The minimum atomic E-state index is -4.53.